The van der Waals surface area contributed by atoms with Crippen LogP contribution in [0, 0.1) is 6.92 Å². The van der Waals surface area contributed by atoms with E-state index in [4.69, 9.17) is 11.6 Å². The van der Waals surface area contributed by atoms with Crippen molar-refractivity contribution in [2.24, 2.45) is 7.05 Å². The van der Waals surface area contributed by atoms with Crippen molar-refractivity contribution in [3.05, 3.63) is 41.2 Å². The standard InChI is InChI=1S/C13H11ClN4/c1-8-7-15-18(2)12(8)11-9-5-3-4-6-10(9)13(14)17-16-11/h3-7H,1-2H3. The summed E-state index contributed by atoms with van der Waals surface area (Å²) in [6.07, 6.45) is 1.82. The van der Waals surface area contributed by atoms with E-state index in [1.165, 1.54) is 0 Å². The Morgan fingerprint density at radius 1 is 1.11 bits per heavy atom. The minimum Gasteiger partial charge on any atom is -0.266 e. The Bertz CT molecular complexity index is 713. The average Bonchev–Trinajstić information content (AvgIpc) is 2.71. The molecule has 1 aromatic carbocycles. The largest absolute Gasteiger partial charge is 0.266 e. The Morgan fingerprint density at radius 3 is 2.50 bits per heavy atom. The van der Waals surface area contributed by atoms with Crippen LogP contribution in [0.1, 0.15) is 5.56 Å². The fourth-order valence-corrected chi connectivity index (χ4v) is 2.34. The van der Waals surface area contributed by atoms with Gasteiger partial charge in [0.15, 0.2) is 5.15 Å². The molecular weight excluding hydrogens is 248 g/mol. The number of benzene rings is 1. The second-order valence-electron chi connectivity index (χ2n) is 4.18. The number of fused-ring (bicyclic) bond motifs is 1. The normalized spacial score (nSPS) is 11.1. The van der Waals surface area contributed by atoms with E-state index in [0.717, 1.165) is 27.7 Å². The van der Waals surface area contributed by atoms with Gasteiger partial charge in [-0.1, -0.05) is 35.9 Å². The summed E-state index contributed by atoms with van der Waals surface area (Å²) in [7, 11) is 1.90. The second kappa shape index (κ2) is 4.07. The van der Waals surface area contributed by atoms with E-state index >= 15 is 0 Å². The molecule has 2 aromatic heterocycles. The average molecular weight is 259 g/mol. The number of hydrogen-bond donors (Lipinski definition) is 0. The molecule has 0 unspecified atom stereocenters. The molecule has 90 valence electrons. The van der Waals surface area contributed by atoms with Crippen LogP contribution in [0.25, 0.3) is 22.2 Å². The lowest BCUT2D eigenvalue weighted by atomic mass is 10.1. The smallest absolute Gasteiger partial charge is 0.159 e. The van der Waals surface area contributed by atoms with Crippen LogP contribution in [0.2, 0.25) is 5.15 Å². The van der Waals surface area contributed by atoms with Gasteiger partial charge in [-0.15, -0.1) is 10.2 Å². The van der Waals surface area contributed by atoms with Crippen molar-refractivity contribution < 1.29 is 0 Å². The van der Waals surface area contributed by atoms with Crippen molar-refractivity contribution in [1.29, 1.82) is 0 Å². The molecule has 0 saturated carbocycles. The predicted molar refractivity (Wildman–Crippen MR) is 71.5 cm³/mol. The highest BCUT2D eigenvalue weighted by Crippen LogP contribution is 2.30. The highest BCUT2D eigenvalue weighted by Gasteiger charge is 2.14. The summed E-state index contributed by atoms with van der Waals surface area (Å²) in [5.74, 6) is 0. The fourth-order valence-electron chi connectivity index (χ4n) is 2.13. The number of hydrogen-bond acceptors (Lipinski definition) is 3. The van der Waals surface area contributed by atoms with Gasteiger partial charge in [0.05, 0.1) is 11.9 Å². The van der Waals surface area contributed by atoms with Crippen LogP contribution in [0.5, 0.6) is 0 Å². The molecule has 0 amide bonds. The van der Waals surface area contributed by atoms with Crippen LogP contribution >= 0.6 is 11.6 Å². The molecular formula is C13H11ClN4. The van der Waals surface area contributed by atoms with Crippen LogP contribution < -0.4 is 0 Å². The monoisotopic (exact) mass is 258 g/mol. The Kier molecular flexibility index (Phi) is 2.52. The Balaban J connectivity index is 2.41. The molecule has 0 atom stereocenters. The maximum Gasteiger partial charge on any atom is 0.159 e. The summed E-state index contributed by atoms with van der Waals surface area (Å²) in [5, 5.41) is 14.8. The van der Waals surface area contributed by atoms with Gasteiger partial charge in [0.25, 0.3) is 0 Å². The van der Waals surface area contributed by atoms with Crippen molar-refractivity contribution >= 4 is 22.4 Å². The summed E-state index contributed by atoms with van der Waals surface area (Å²) in [4.78, 5) is 0. The molecule has 0 radical (unpaired) electrons. The number of nitrogens with zero attached hydrogens (tertiary/aromatic N) is 4. The lowest BCUT2D eigenvalue weighted by molar-refractivity contribution is 0.771. The van der Waals surface area contributed by atoms with Gasteiger partial charge < -0.3 is 0 Å². The SMILES string of the molecule is Cc1cnn(C)c1-c1nnc(Cl)c2ccccc12. The zero-order chi connectivity index (χ0) is 12.7. The van der Waals surface area contributed by atoms with Crippen molar-refractivity contribution in [3.8, 4) is 11.4 Å². The first-order chi connectivity index (χ1) is 8.68. The van der Waals surface area contributed by atoms with Gasteiger partial charge in [-0.05, 0) is 12.5 Å². The molecule has 2 heterocycles. The van der Waals surface area contributed by atoms with Crippen LogP contribution in [0.15, 0.2) is 30.5 Å². The summed E-state index contributed by atoms with van der Waals surface area (Å²) in [5.41, 5.74) is 2.85. The maximum absolute atomic E-state index is 6.07. The second-order valence-corrected chi connectivity index (χ2v) is 4.54. The molecule has 0 fully saturated rings. The minimum absolute atomic E-state index is 0.425. The predicted octanol–water partition coefficient (Wildman–Crippen LogP) is 2.99. The van der Waals surface area contributed by atoms with Crippen LogP contribution in [-0.2, 0) is 7.05 Å². The lowest BCUT2D eigenvalue weighted by Gasteiger charge is -2.07. The third-order valence-electron chi connectivity index (χ3n) is 2.99. The van der Waals surface area contributed by atoms with Gasteiger partial charge in [0, 0.05) is 17.8 Å². The number of aromatic nitrogens is 4. The third kappa shape index (κ3) is 1.57. The zero-order valence-electron chi connectivity index (χ0n) is 10.1. The molecule has 0 bridgehead atoms. The quantitative estimate of drug-likeness (QED) is 0.674. The van der Waals surface area contributed by atoms with E-state index in [1.807, 2.05) is 44.4 Å². The van der Waals surface area contributed by atoms with E-state index in [0.29, 0.717) is 5.15 Å². The molecule has 0 saturated heterocycles. The number of rotatable bonds is 1. The molecule has 3 aromatic rings. The van der Waals surface area contributed by atoms with E-state index in [2.05, 4.69) is 15.3 Å². The summed E-state index contributed by atoms with van der Waals surface area (Å²) in [6.45, 7) is 2.01. The molecule has 0 N–H and O–H groups in total. The van der Waals surface area contributed by atoms with E-state index in [-0.39, 0.29) is 0 Å². The van der Waals surface area contributed by atoms with Gasteiger partial charge in [-0.2, -0.15) is 5.10 Å². The van der Waals surface area contributed by atoms with Crippen LogP contribution in [0.4, 0.5) is 0 Å². The molecule has 4 nitrogen and oxygen atoms in total. The highest BCUT2D eigenvalue weighted by atomic mass is 35.5. The van der Waals surface area contributed by atoms with Gasteiger partial charge in [-0.3, -0.25) is 4.68 Å². The molecule has 0 aliphatic rings. The van der Waals surface area contributed by atoms with Gasteiger partial charge in [0.1, 0.15) is 5.69 Å². The highest BCUT2D eigenvalue weighted by molar-refractivity contribution is 6.34. The third-order valence-corrected chi connectivity index (χ3v) is 3.27. The van der Waals surface area contributed by atoms with Gasteiger partial charge in [0.2, 0.25) is 0 Å². The number of aryl methyl sites for hydroxylation is 2. The molecule has 3 rings (SSSR count). The first kappa shape index (κ1) is 11.2. The van der Waals surface area contributed by atoms with Crippen molar-refractivity contribution in [2.75, 3.05) is 0 Å². The van der Waals surface area contributed by atoms with E-state index in [9.17, 15) is 0 Å². The first-order valence-corrected chi connectivity index (χ1v) is 5.96. The van der Waals surface area contributed by atoms with Gasteiger partial charge >= 0.3 is 0 Å². The lowest BCUT2D eigenvalue weighted by Crippen LogP contribution is -1.99. The molecule has 0 aliphatic heterocycles. The molecule has 18 heavy (non-hydrogen) atoms. The van der Waals surface area contributed by atoms with Gasteiger partial charge in [-0.25, -0.2) is 0 Å². The Hall–Kier alpha value is -1.94. The molecule has 0 spiro atoms. The van der Waals surface area contributed by atoms with Crippen molar-refractivity contribution in [1.82, 2.24) is 20.0 Å². The Morgan fingerprint density at radius 2 is 1.83 bits per heavy atom. The minimum atomic E-state index is 0.425. The van der Waals surface area contributed by atoms with Crippen LogP contribution in [0.3, 0.4) is 0 Å². The van der Waals surface area contributed by atoms with Crippen molar-refractivity contribution in [3.63, 3.8) is 0 Å². The number of halogens is 1. The molecule has 0 aliphatic carbocycles. The van der Waals surface area contributed by atoms with Crippen molar-refractivity contribution in [2.45, 2.75) is 6.92 Å². The van der Waals surface area contributed by atoms with E-state index < -0.39 is 0 Å². The maximum atomic E-state index is 6.07. The molecule has 5 heteroatoms. The fraction of sp³-hybridized carbons (Fsp3) is 0.154. The topological polar surface area (TPSA) is 43.6 Å². The van der Waals surface area contributed by atoms with E-state index in [1.54, 1.807) is 4.68 Å². The Labute approximate surface area is 109 Å². The summed E-state index contributed by atoms with van der Waals surface area (Å²) in [6, 6.07) is 7.85. The summed E-state index contributed by atoms with van der Waals surface area (Å²) >= 11 is 6.07. The summed E-state index contributed by atoms with van der Waals surface area (Å²) < 4.78 is 1.81. The zero-order valence-corrected chi connectivity index (χ0v) is 10.8. The first-order valence-electron chi connectivity index (χ1n) is 5.58. The van der Waals surface area contributed by atoms with Crippen LogP contribution in [-0.4, -0.2) is 20.0 Å².